The summed E-state index contributed by atoms with van der Waals surface area (Å²) >= 11 is 4.80. The minimum atomic E-state index is -3.56. The van der Waals surface area contributed by atoms with Crippen molar-refractivity contribution in [1.82, 2.24) is 4.31 Å². The largest absolute Gasteiger partial charge is 0.265 e. The van der Waals surface area contributed by atoms with Gasteiger partial charge >= 0.3 is 0 Å². The fraction of sp³-hybridized carbons (Fsp3) is 0.235. The molecule has 126 valence electrons. The topological polar surface area (TPSA) is 49.7 Å². The predicted octanol–water partition coefficient (Wildman–Crippen LogP) is 4.05. The molecule has 0 bridgehead atoms. The zero-order valence-electron chi connectivity index (χ0n) is 13.1. The van der Waals surface area contributed by atoms with Crippen LogP contribution in [0.1, 0.15) is 11.1 Å². The van der Waals surface area contributed by atoms with Crippen molar-refractivity contribution >= 4 is 42.9 Å². The molecule has 7 heteroatoms. The lowest BCUT2D eigenvalue weighted by Crippen LogP contribution is -2.32. The Labute approximate surface area is 155 Å². The molecule has 1 aliphatic heterocycles. The van der Waals surface area contributed by atoms with Crippen LogP contribution in [0.15, 0.2) is 62.9 Å². The Bertz CT molecular complexity index is 864. The Hall–Kier alpha value is -1.31. The number of hydrogen-bond acceptors (Lipinski definition) is 4. The van der Waals surface area contributed by atoms with Crippen LogP contribution < -0.4 is 0 Å². The van der Waals surface area contributed by atoms with Crippen LogP contribution in [0.3, 0.4) is 0 Å². The van der Waals surface area contributed by atoms with Crippen LogP contribution in [-0.2, 0) is 15.8 Å². The molecule has 0 amide bonds. The van der Waals surface area contributed by atoms with Gasteiger partial charge in [0.2, 0.25) is 0 Å². The Balaban J connectivity index is 1.78. The number of benzene rings is 2. The molecule has 0 unspecified atom stereocenters. The molecule has 0 N–H and O–H groups in total. The molecule has 0 saturated heterocycles. The van der Waals surface area contributed by atoms with Crippen molar-refractivity contribution in [2.24, 2.45) is 4.99 Å². The van der Waals surface area contributed by atoms with Crippen molar-refractivity contribution in [3.8, 4) is 0 Å². The molecule has 0 saturated carbocycles. The van der Waals surface area contributed by atoms with E-state index in [-0.39, 0.29) is 4.90 Å². The van der Waals surface area contributed by atoms with E-state index in [9.17, 15) is 8.42 Å². The van der Waals surface area contributed by atoms with Crippen LogP contribution in [0.2, 0.25) is 0 Å². The Morgan fingerprint density at radius 2 is 1.88 bits per heavy atom. The Morgan fingerprint density at radius 1 is 1.17 bits per heavy atom. The van der Waals surface area contributed by atoms with Gasteiger partial charge in [-0.2, -0.15) is 0 Å². The quantitative estimate of drug-likeness (QED) is 0.743. The average molecular weight is 425 g/mol. The number of halogens is 1. The predicted molar refractivity (Wildman–Crippen MR) is 103 cm³/mol. The van der Waals surface area contributed by atoms with E-state index in [4.69, 9.17) is 0 Å². The van der Waals surface area contributed by atoms with Crippen LogP contribution in [0.5, 0.6) is 0 Å². The third-order valence-electron chi connectivity index (χ3n) is 3.78. The van der Waals surface area contributed by atoms with E-state index in [1.165, 1.54) is 27.2 Å². The summed E-state index contributed by atoms with van der Waals surface area (Å²) in [7, 11) is -3.56. The van der Waals surface area contributed by atoms with Crippen molar-refractivity contribution < 1.29 is 8.42 Å². The summed E-state index contributed by atoms with van der Waals surface area (Å²) in [5.41, 5.74) is 2.39. The minimum absolute atomic E-state index is 0.289. The summed E-state index contributed by atoms with van der Waals surface area (Å²) in [6.45, 7) is 2.96. The molecule has 0 radical (unpaired) electrons. The molecule has 1 aliphatic rings. The van der Waals surface area contributed by atoms with Gasteiger partial charge in [0.1, 0.15) is 0 Å². The molecule has 0 fully saturated rings. The van der Waals surface area contributed by atoms with Gasteiger partial charge in [-0.1, -0.05) is 52.0 Å². The fourth-order valence-corrected chi connectivity index (χ4v) is 5.46. The smallest absolute Gasteiger partial charge is 0.260 e. The standard InChI is InChI=1S/C17H17BrN2O2S2/c1-13-4-2-3-5-14(13)12-23-17-19-10-11-20(17)24(21,22)16-8-6-15(18)7-9-16/h2-9H,10-12H2,1H3. The van der Waals surface area contributed by atoms with Gasteiger partial charge in [0.05, 0.1) is 18.0 Å². The van der Waals surface area contributed by atoms with E-state index < -0.39 is 10.0 Å². The zero-order valence-corrected chi connectivity index (χ0v) is 16.4. The Kier molecular flexibility index (Phi) is 5.32. The molecular weight excluding hydrogens is 408 g/mol. The van der Waals surface area contributed by atoms with Crippen molar-refractivity contribution in [3.63, 3.8) is 0 Å². The lowest BCUT2D eigenvalue weighted by atomic mass is 10.1. The second kappa shape index (κ2) is 7.29. The van der Waals surface area contributed by atoms with Gasteiger partial charge in [0.25, 0.3) is 10.0 Å². The molecule has 2 aromatic rings. The van der Waals surface area contributed by atoms with Crippen LogP contribution >= 0.6 is 27.7 Å². The molecule has 24 heavy (non-hydrogen) atoms. The molecular formula is C17H17BrN2O2S2. The lowest BCUT2D eigenvalue weighted by Gasteiger charge is -2.20. The number of aryl methyl sites for hydroxylation is 1. The maximum absolute atomic E-state index is 12.9. The van der Waals surface area contributed by atoms with E-state index in [1.807, 2.05) is 12.1 Å². The first-order valence-electron chi connectivity index (χ1n) is 7.48. The molecule has 0 aliphatic carbocycles. The third-order valence-corrected chi connectivity index (χ3v) is 7.29. The number of nitrogens with zero attached hydrogens (tertiary/aromatic N) is 2. The summed E-state index contributed by atoms with van der Waals surface area (Å²) in [6.07, 6.45) is 0. The fourth-order valence-electron chi connectivity index (χ4n) is 2.40. The number of rotatable bonds is 4. The first-order chi connectivity index (χ1) is 11.5. The summed E-state index contributed by atoms with van der Waals surface area (Å²) < 4.78 is 28.0. The highest BCUT2D eigenvalue weighted by Gasteiger charge is 2.30. The van der Waals surface area contributed by atoms with Crippen LogP contribution in [0.25, 0.3) is 0 Å². The molecule has 3 rings (SSSR count). The number of amidine groups is 1. The summed E-state index contributed by atoms with van der Waals surface area (Å²) in [5.74, 6) is 0.706. The molecule has 1 heterocycles. The van der Waals surface area contributed by atoms with Gasteiger partial charge in [-0.25, -0.2) is 12.7 Å². The van der Waals surface area contributed by atoms with Gasteiger partial charge in [-0.05, 0) is 42.3 Å². The maximum atomic E-state index is 12.9. The molecule has 0 spiro atoms. The van der Waals surface area contributed by atoms with E-state index in [2.05, 4.69) is 40.0 Å². The highest BCUT2D eigenvalue weighted by molar-refractivity contribution is 9.10. The number of thioether (sulfide) groups is 1. The van der Waals surface area contributed by atoms with Gasteiger partial charge < -0.3 is 0 Å². The van der Waals surface area contributed by atoms with Crippen molar-refractivity contribution in [2.75, 3.05) is 13.1 Å². The summed E-state index contributed by atoms with van der Waals surface area (Å²) in [4.78, 5) is 4.68. The lowest BCUT2D eigenvalue weighted by molar-refractivity contribution is 0.540. The number of aliphatic imine (C=N–C) groups is 1. The van der Waals surface area contributed by atoms with Gasteiger partial charge in [-0.3, -0.25) is 4.99 Å². The summed E-state index contributed by atoms with van der Waals surface area (Å²) in [6, 6.07) is 14.8. The van der Waals surface area contributed by atoms with Crippen molar-refractivity contribution in [2.45, 2.75) is 17.6 Å². The van der Waals surface area contributed by atoms with Crippen LogP contribution in [0, 0.1) is 6.92 Å². The van der Waals surface area contributed by atoms with Crippen molar-refractivity contribution in [3.05, 3.63) is 64.1 Å². The Morgan fingerprint density at radius 3 is 2.58 bits per heavy atom. The van der Waals surface area contributed by atoms with Crippen LogP contribution in [0.4, 0.5) is 0 Å². The monoisotopic (exact) mass is 424 g/mol. The number of sulfonamides is 1. The van der Waals surface area contributed by atoms with E-state index in [0.29, 0.717) is 24.0 Å². The SMILES string of the molecule is Cc1ccccc1CSC1=NCCN1S(=O)(=O)c1ccc(Br)cc1. The highest BCUT2D eigenvalue weighted by Crippen LogP contribution is 2.27. The molecule has 0 atom stereocenters. The van der Waals surface area contributed by atoms with Crippen molar-refractivity contribution in [1.29, 1.82) is 0 Å². The summed E-state index contributed by atoms with van der Waals surface area (Å²) in [5, 5.41) is 0.571. The molecule has 4 nitrogen and oxygen atoms in total. The maximum Gasteiger partial charge on any atom is 0.265 e. The second-order valence-corrected chi connectivity index (χ2v) is 9.13. The van der Waals surface area contributed by atoms with Crippen LogP contribution in [-0.4, -0.2) is 31.0 Å². The highest BCUT2D eigenvalue weighted by atomic mass is 79.9. The minimum Gasteiger partial charge on any atom is -0.260 e. The first kappa shape index (κ1) is 17.5. The zero-order chi connectivity index (χ0) is 17.2. The van der Waals surface area contributed by atoms with E-state index in [1.54, 1.807) is 24.3 Å². The first-order valence-corrected chi connectivity index (χ1v) is 10.7. The normalized spacial score (nSPS) is 14.8. The second-order valence-electron chi connectivity index (χ2n) is 5.41. The van der Waals surface area contributed by atoms with E-state index >= 15 is 0 Å². The third kappa shape index (κ3) is 3.68. The van der Waals surface area contributed by atoms with Gasteiger partial charge in [0, 0.05) is 10.2 Å². The number of hydrogen-bond donors (Lipinski definition) is 0. The molecule has 2 aromatic carbocycles. The van der Waals surface area contributed by atoms with Gasteiger partial charge in [-0.15, -0.1) is 0 Å². The molecule has 0 aromatic heterocycles. The average Bonchev–Trinajstić information content (AvgIpc) is 3.04. The van der Waals surface area contributed by atoms with Gasteiger partial charge in [0.15, 0.2) is 5.17 Å². The van der Waals surface area contributed by atoms with E-state index in [0.717, 1.165) is 4.47 Å².